The highest BCUT2D eigenvalue weighted by Crippen LogP contribution is 2.33. The number of likely N-dealkylation sites (tertiary alicyclic amines) is 1. The van der Waals surface area contributed by atoms with E-state index >= 15 is 0 Å². The molecule has 3 rings (SSSR count). The summed E-state index contributed by atoms with van der Waals surface area (Å²) in [5.41, 5.74) is 6.90. The van der Waals surface area contributed by atoms with Crippen molar-refractivity contribution >= 4 is 33.4 Å². The molecule has 130 valence electrons. The molecule has 0 unspecified atom stereocenters. The van der Waals surface area contributed by atoms with E-state index in [0.717, 1.165) is 29.4 Å². The molecule has 2 saturated heterocycles. The summed E-state index contributed by atoms with van der Waals surface area (Å²) in [5.74, 6) is -0.714. The summed E-state index contributed by atoms with van der Waals surface area (Å²) in [6.07, 6.45) is 3.58. The Hall–Kier alpha value is -1.40. The van der Waals surface area contributed by atoms with Crippen molar-refractivity contribution in [2.45, 2.75) is 44.7 Å². The van der Waals surface area contributed by atoms with Crippen molar-refractivity contribution in [1.29, 1.82) is 0 Å². The Kier molecular flexibility index (Phi) is 5.25. The van der Waals surface area contributed by atoms with Gasteiger partial charge in [-0.05, 0) is 60.7 Å². The lowest BCUT2D eigenvalue weighted by atomic mass is 9.94. The van der Waals surface area contributed by atoms with Crippen molar-refractivity contribution in [1.82, 2.24) is 4.90 Å². The highest BCUT2D eigenvalue weighted by atomic mass is 79.9. The summed E-state index contributed by atoms with van der Waals surface area (Å²) in [7, 11) is 0. The average molecular weight is 394 g/mol. The van der Waals surface area contributed by atoms with Crippen LogP contribution in [0.25, 0.3) is 0 Å². The number of nitrogens with two attached hydrogens (primary N) is 1. The molecule has 2 amide bonds. The number of para-hydroxylation sites is 1. The van der Waals surface area contributed by atoms with Crippen molar-refractivity contribution < 1.29 is 9.59 Å². The maximum absolute atomic E-state index is 13.0. The first-order valence-corrected chi connectivity index (χ1v) is 9.42. The molecule has 2 aliphatic rings. The van der Waals surface area contributed by atoms with Crippen LogP contribution in [0.1, 0.15) is 32.6 Å². The zero-order valence-electron chi connectivity index (χ0n) is 14.0. The second kappa shape index (κ2) is 7.23. The molecule has 0 saturated carbocycles. The van der Waals surface area contributed by atoms with E-state index in [1.807, 2.05) is 36.1 Å². The van der Waals surface area contributed by atoms with Gasteiger partial charge in [-0.2, -0.15) is 0 Å². The number of hydrogen-bond acceptors (Lipinski definition) is 3. The Morgan fingerprint density at radius 3 is 2.71 bits per heavy atom. The molecule has 0 aliphatic carbocycles. The predicted octanol–water partition coefficient (Wildman–Crippen LogP) is 2.53. The van der Waals surface area contributed by atoms with E-state index in [0.29, 0.717) is 19.5 Å². The lowest BCUT2D eigenvalue weighted by Crippen LogP contribution is -2.54. The lowest BCUT2D eigenvalue weighted by Gasteiger charge is -2.39. The van der Waals surface area contributed by atoms with Crippen molar-refractivity contribution in [2.24, 2.45) is 11.7 Å². The number of benzene rings is 1. The van der Waals surface area contributed by atoms with Gasteiger partial charge in [-0.25, -0.2) is 0 Å². The molecule has 0 aromatic heterocycles. The van der Waals surface area contributed by atoms with E-state index in [1.165, 1.54) is 0 Å². The van der Waals surface area contributed by atoms with Gasteiger partial charge < -0.3 is 15.5 Å². The monoisotopic (exact) mass is 393 g/mol. The van der Waals surface area contributed by atoms with Crippen molar-refractivity contribution in [3.8, 4) is 0 Å². The van der Waals surface area contributed by atoms with Crippen LogP contribution in [0.15, 0.2) is 28.7 Å². The third-order valence-corrected chi connectivity index (χ3v) is 5.76. The Morgan fingerprint density at radius 1 is 1.25 bits per heavy atom. The number of nitrogens with zero attached hydrogens (tertiary/aromatic N) is 2. The summed E-state index contributed by atoms with van der Waals surface area (Å²) in [6.45, 7) is 3.23. The topological polar surface area (TPSA) is 66.6 Å². The standard InChI is InChI=1S/C18H24BrN3O2/c1-12(20)15-7-4-5-10-21(15)17(23)13-9-11-22(18(13)24)16-8-3-2-6-14(16)19/h2-3,6,8,12-13,15H,4-5,7,9-11,20H2,1H3/t12-,13-,15+/m0/s1. The molecule has 2 N–H and O–H groups in total. The SMILES string of the molecule is C[C@H](N)[C@H]1CCCCN1C(=O)[C@@H]1CCN(c2ccccc2Br)C1=O. The van der Waals surface area contributed by atoms with Crippen LogP contribution in [0, 0.1) is 5.92 Å². The van der Waals surface area contributed by atoms with Crippen LogP contribution in [0.2, 0.25) is 0 Å². The third kappa shape index (κ3) is 3.22. The zero-order valence-corrected chi connectivity index (χ0v) is 15.5. The minimum Gasteiger partial charge on any atom is -0.337 e. The molecule has 2 fully saturated rings. The van der Waals surface area contributed by atoms with Gasteiger partial charge in [0.05, 0.1) is 5.69 Å². The fourth-order valence-electron chi connectivity index (χ4n) is 3.80. The van der Waals surface area contributed by atoms with E-state index in [9.17, 15) is 9.59 Å². The molecule has 1 aromatic carbocycles. The molecule has 2 heterocycles. The number of anilines is 1. The summed E-state index contributed by atoms with van der Waals surface area (Å²) in [5, 5.41) is 0. The highest BCUT2D eigenvalue weighted by molar-refractivity contribution is 9.10. The van der Waals surface area contributed by atoms with Gasteiger partial charge in [0.15, 0.2) is 0 Å². The van der Waals surface area contributed by atoms with Gasteiger partial charge in [0.1, 0.15) is 5.92 Å². The molecule has 1 aromatic rings. The Morgan fingerprint density at radius 2 is 2.00 bits per heavy atom. The van der Waals surface area contributed by atoms with E-state index in [4.69, 9.17) is 5.73 Å². The summed E-state index contributed by atoms with van der Waals surface area (Å²) >= 11 is 3.49. The maximum atomic E-state index is 13.0. The Balaban J connectivity index is 1.77. The van der Waals surface area contributed by atoms with Crippen LogP contribution in [0.5, 0.6) is 0 Å². The number of hydrogen-bond donors (Lipinski definition) is 1. The van der Waals surface area contributed by atoms with Gasteiger partial charge in [0.25, 0.3) is 0 Å². The number of carbonyl (C=O) groups excluding carboxylic acids is 2. The fourth-order valence-corrected chi connectivity index (χ4v) is 4.30. The molecule has 0 bridgehead atoms. The molecular weight excluding hydrogens is 370 g/mol. The second-order valence-corrected chi connectivity index (χ2v) is 7.59. The number of halogens is 1. The van der Waals surface area contributed by atoms with Crippen molar-refractivity contribution in [3.63, 3.8) is 0 Å². The smallest absolute Gasteiger partial charge is 0.239 e. The van der Waals surface area contributed by atoms with E-state index in [1.54, 1.807) is 4.90 Å². The molecule has 3 atom stereocenters. The van der Waals surface area contributed by atoms with E-state index < -0.39 is 5.92 Å². The molecule has 0 radical (unpaired) electrons. The maximum Gasteiger partial charge on any atom is 0.239 e. The molecule has 5 nitrogen and oxygen atoms in total. The van der Waals surface area contributed by atoms with Gasteiger partial charge in [-0.3, -0.25) is 9.59 Å². The number of amides is 2. The minimum atomic E-state index is -0.573. The fraction of sp³-hybridized carbons (Fsp3) is 0.556. The Labute approximate surface area is 151 Å². The van der Waals surface area contributed by atoms with Gasteiger partial charge in [0, 0.05) is 29.6 Å². The zero-order chi connectivity index (χ0) is 17.3. The van der Waals surface area contributed by atoms with Gasteiger partial charge in [-0.15, -0.1) is 0 Å². The lowest BCUT2D eigenvalue weighted by molar-refractivity contribution is -0.143. The minimum absolute atomic E-state index is 0.0449. The van der Waals surface area contributed by atoms with Crippen LogP contribution in [0.4, 0.5) is 5.69 Å². The summed E-state index contributed by atoms with van der Waals surface area (Å²) < 4.78 is 0.873. The quantitative estimate of drug-likeness (QED) is 0.802. The molecular formula is C18H24BrN3O2. The van der Waals surface area contributed by atoms with Gasteiger partial charge in [0.2, 0.25) is 11.8 Å². The third-order valence-electron chi connectivity index (χ3n) is 5.09. The molecule has 24 heavy (non-hydrogen) atoms. The molecule has 0 spiro atoms. The summed E-state index contributed by atoms with van der Waals surface area (Å²) in [6, 6.07) is 7.62. The largest absolute Gasteiger partial charge is 0.337 e. The van der Waals surface area contributed by atoms with Crippen molar-refractivity contribution in [2.75, 3.05) is 18.0 Å². The second-order valence-electron chi connectivity index (χ2n) is 6.74. The summed E-state index contributed by atoms with van der Waals surface area (Å²) in [4.78, 5) is 29.4. The highest BCUT2D eigenvalue weighted by Gasteiger charge is 2.42. The van der Waals surface area contributed by atoms with Gasteiger partial charge in [-0.1, -0.05) is 12.1 Å². The van der Waals surface area contributed by atoms with Crippen LogP contribution in [-0.2, 0) is 9.59 Å². The van der Waals surface area contributed by atoms with Crippen molar-refractivity contribution in [3.05, 3.63) is 28.7 Å². The number of rotatable bonds is 3. The van der Waals surface area contributed by atoms with E-state index in [-0.39, 0.29) is 23.9 Å². The van der Waals surface area contributed by atoms with Crippen LogP contribution >= 0.6 is 15.9 Å². The normalized spacial score (nSPS) is 25.9. The molecule has 6 heteroatoms. The first kappa shape index (κ1) is 17.4. The average Bonchev–Trinajstić information content (AvgIpc) is 2.96. The first-order valence-electron chi connectivity index (χ1n) is 8.62. The van der Waals surface area contributed by atoms with Crippen LogP contribution in [0.3, 0.4) is 0 Å². The van der Waals surface area contributed by atoms with Crippen LogP contribution in [-0.4, -0.2) is 41.9 Å². The predicted molar refractivity (Wildman–Crippen MR) is 97.6 cm³/mol. The molecule has 2 aliphatic heterocycles. The number of piperidine rings is 1. The first-order chi connectivity index (χ1) is 11.5. The Bertz CT molecular complexity index is 634. The van der Waals surface area contributed by atoms with Crippen LogP contribution < -0.4 is 10.6 Å². The van der Waals surface area contributed by atoms with Gasteiger partial charge >= 0.3 is 0 Å². The number of carbonyl (C=O) groups is 2. The van der Waals surface area contributed by atoms with E-state index in [2.05, 4.69) is 15.9 Å².